The van der Waals surface area contributed by atoms with Crippen molar-refractivity contribution in [3.05, 3.63) is 64.4 Å². The molecule has 1 aromatic heterocycles. The summed E-state index contributed by atoms with van der Waals surface area (Å²) in [5.41, 5.74) is 1.27. The normalized spacial score (nSPS) is 10.7. The van der Waals surface area contributed by atoms with E-state index in [-0.39, 0.29) is 18.4 Å². The second-order valence-corrected chi connectivity index (χ2v) is 6.40. The van der Waals surface area contributed by atoms with E-state index in [1.165, 1.54) is 11.0 Å². The van der Waals surface area contributed by atoms with E-state index in [1.807, 2.05) is 13.0 Å². The van der Waals surface area contributed by atoms with E-state index in [0.717, 1.165) is 12.0 Å². The first-order valence-electron chi connectivity index (χ1n) is 8.11. The first-order chi connectivity index (χ1) is 12.5. The van der Waals surface area contributed by atoms with Gasteiger partial charge < -0.3 is 10.2 Å². The van der Waals surface area contributed by atoms with Gasteiger partial charge in [0.1, 0.15) is 6.54 Å². The third-order valence-corrected chi connectivity index (χ3v) is 4.00. The zero-order valence-corrected chi connectivity index (χ0v) is 15.8. The van der Waals surface area contributed by atoms with Crippen molar-refractivity contribution < 1.29 is 9.59 Å². The van der Waals surface area contributed by atoms with Crippen LogP contribution in [0.3, 0.4) is 0 Å². The van der Waals surface area contributed by atoms with Gasteiger partial charge in [-0.15, -0.1) is 0 Å². The summed E-state index contributed by atoms with van der Waals surface area (Å²) in [4.78, 5) is 30.2. The molecule has 136 valence electrons. The number of amides is 2. The highest BCUT2D eigenvalue weighted by molar-refractivity contribution is 6.36. The molecule has 0 unspecified atom stereocenters. The molecule has 0 atom stereocenters. The van der Waals surface area contributed by atoms with Gasteiger partial charge in [-0.3, -0.25) is 14.6 Å². The number of benzene rings is 1. The summed E-state index contributed by atoms with van der Waals surface area (Å²) in [5.74, 6) is -0.571. The van der Waals surface area contributed by atoms with Crippen LogP contribution in [0.5, 0.6) is 0 Å². The molecule has 0 aliphatic carbocycles. The Morgan fingerprint density at radius 2 is 2.08 bits per heavy atom. The summed E-state index contributed by atoms with van der Waals surface area (Å²) in [7, 11) is 0. The average Bonchev–Trinajstić information content (AvgIpc) is 2.62. The molecular formula is C19H19Cl2N3O2. The molecule has 0 fully saturated rings. The van der Waals surface area contributed by atoms with Crippen LogP contribution >= 0.6 is 23.2 Å². The highest BCUT2D eigenvalue weighted by Crippen LogP contribution is 2.25. The van der Waals surface area contributed by atoms with Crippen molar-refractivity contribution in [2.75, 3.05) is 18.4 Å². The summed E-state index contributed by atoms with van der Waals surface area (Å²) >= 11 is 11.9. The van der Waals surface area contributed by atoms with Gasteiger partial charge in [-0.05, 0) is 42.3 Å². The van der Waals surface area contributed by atoms with Gasteiger partial charge in [0.15, 0.2) is 0 Å². The monoisotopic (exact) mass is 391 g/mol. The van der Waals surface area contributed by atoms with E-state index >= 15 is 0 Å². The quantitative estimate of drug-likeness (QED) is 0.716. The lowest BCUT2D eigenvalue weighted by molar-refractivity contribution is -0.130. The van der Waals surface area contributed by atoms with E-state index in [0.29, 0.717) is 22.3 Å². The van der Waals surface area contributed by atoms with Crippen molar-refractivity contribution in [2.24, 2.45) is 0 Å². The maximum absolute atomic E-state index is 12.4. The molecule has 0 saturated carbocycles. The minimum absolute atomic E-state index is 0.0665. The van der Waals surface area contributed by atoms with Gasteiger partial charge in [0.05, 0.1) is 10.7 Å². The van der Waals surface area contributed by atoms with Crippen LogP contribution in [0.2, 0.25) is 10.0 Å². The number of hydrogen-bond acceptors (Lipinski definition) is 3. The minimum Gasteiger partial charge on any atom is -0.330 e. The van der Waals surface area contributed by atoms with Crippen LogP contribution in [0.25, 0.3) is 6.08 Å². The molecule has 26 heavy (non-hydrogen) atoms. The van der Waals surface area contributed by atoms with Crippen molar-refractivity contribution in [1.82, 2.24) is 9.88 Å². The Hall–Kier alpha value is -2.37. The first-order valence-corrected chi connectivity index (χ1v) is 8.87. The number of hydrogen-bond donors (Lipinski definition) is 1. The molecule has 0 radical (unpaired) electrons. The second kappa shape index (κ2) is 9.94. The molecule has 0 bridgehead atoms. The Morgan fingerprint density at radius 3 is 2.73 bits per heavy atom. The van der Waals surface area contributed by atoms with Crippen molar-refractivity contribution in [3.8, 4) is 0 Å². The number of halogens is 2. The molecule has 2 amide bonds. The standard InChI is InChI=1S/C19H19Cl2N3O2/c1-2-10-24(19(26)8-5-14-4-3-9-22-12-14)13-18(25)23-17-7-6-15(20)11-16(17)21/h3-9,11-12H,2,10,13H2,1H3,(H,23,25)/b8-5+. The topological polar surface area (TPSA) is 62.3 Å². The van der Waals surface area contributed by atoms with Gasteiger partial charge in [-0.1, -0.05) is 36.2 Å². The molecular weight excluding hydrogens is 373 g/mol. The van der Waals surface area contributed by atoms with Gasteiger partial charge in [0.25, 0.3) is 0 Å². The number of rotatable bonds is 7. The molecule has 2 aromatic rings. The third kappa shape index (κ3) is 6.17. The van der Waals surface area contributed by atoms with E-state index in [2.05, 4.69) is 10.3 Å². The summed E-state index contributed by atoms with van der Waals surface area (Å²) in [6, 6.07) is 8.43. The van der Waals surface area contributed by atoms with Gasteiger partial charge in [-0.25, -0.2) is 0 Å². The fraction of sp³-hybridized carbons (Fsp3) is 0.211. The third-order valence-electron chi connectivity index (χ3n) is 3.45. The Labute approximate surface area is 162 Å². The molecule has 0 spiro atoms. The summed E-state index contributed by atoms with van der Waals surface area (Å²) in [5, 5.41) is 3.52. The molecule has 7 heteroatoms. The highest BCUT2D eigenvalue weighted by atomic mass is 35.5. The van der Waals surface area contributed by atoms with E-state index in [9.17, 15) is 9.59 Å². The van der Waals surface area contributed by atoms with E-state index < -0.39 is 0 Å². The predicted molar refractivity (Wildman–Crippen MR) is 105 cm³/mol. The number of carbonyl (C=O) groups excluding carboxylic acids is 2. The van der Waals surface area contributed by atoms with Gasteiger partial charge in [0, 0.05) is 30.0 Å². The van der Waals surface area contributed by atoms with Crippen LogP contribution in [0.4, 0.5) is 5.69 Å². The summed E-state index contributed by atoms with van der Waals surface area (Å²) in [6.45, 7) is 2.35. The zero-order valence-electron chi connectivity index (χ0n) is 14.3. The van der Waals surface area contributed by atoms with Gasteiger partial charge >= 0.3 is 0 Å². The van der Waals surface area contributed by atoms with Crippen LogP contribution in [-0.4, -0.2) is 34.8 Å². The second-order valence-electron chi connectivity index (χ2n) is 5.55. The van der Waals surface area contributed by atoms with Crippen molar-refractivity contribution in [3.63, 3.8) is 0 Å². The fourth-order valence-electron chi connectivity index (χ4n) is 2.24. The first kappa shape index (κ1) is 19.9. The fourth-order valence-corrected chi connectivity index (χ4v) is 2.69. The van der Waals surface area contributed by atoms with Crippen LogP contribution in [0, 0.1) is 0 Å². The number of carbonyl (C=O) groups is 2. The number of anilines is 1. The van der Waals surface area contributed by atoms with Crippen LogP contribution in [0.15, 0.2) is 48.8 Å². The van der Waals surface area contributed by atoms with Crippen molar-refractivity contribution in [2.45, 2.75) is 13.3 Å². The SMILES string of the molecule is CCCN(CC(=O)Nc1ccc(Cl)cc1Cl)C(=O)/C=C/c1cccnc1. The molecule has 0 aliphatic rings. The molecule has 1 N–H and O–H groups in total. The lowest BCUT2D eigenvalue weighted by atomic mass is 10.2. The number of nitrogens with zero attached hydrogens (tertiary/aromatic N) is 2. The zero-order chi connectivity index (χ0) is 18.9. The predicted octanol–water partition coefficient (Wildman–Crippen LogP) is 4.28. The van der Waals surface area contributed by atoms with Crippen LogP contribution in [0.1, 0.15) is 18.9 Å². The number of aromatic nitrogens is 1. The lowest BCUT2D eigenvalue weighted by Gasteiger charge is -2.20. The summed E-state index contributed by atoms with van der Waals surface area (Å²) < 4.78 is 0. The molecule has 2 rings (SSSR count). The van der Waals surface area contributed by atoms with Crippen LogP contribution < -0.4 is 5.32 Å². The van der Waals surface area contributed by atoms with Crippen LogP contribution in [-0.2, 0) is 9.59 Å². The van der Waals surface area contributed by atoms with Gasteiger partial charge in [-0.2, -0.15) is 0 Å². The Bertz CT molecular complexity index is 795. The Morgan fingerprint density at radius 1 is 1.27 bits per heavy atom. The molecule has 5 nitrogen and oxygen atoms in total. The molecule has 0 saturated heterocycles. The lowest BCUT2D eigenvalue weighted by Crippen LogP contribution is -2.37. The maximum atomic E-state index is 12.4. The minimum atomic E-state index is -0.328. The summed E-state index contributed by atoms with van der Waals surface area (Å²) in [6.07, 6.45) is 7.17. The van der Waals surface area contributed by atoms with E-state index in [1.54, 1.807) is 42.7 Å². The van der Waals surface area contributed by atoms with E-state index in [4.69, 9.17) is 23.2 Å². The highest BCUT2D eigenvalue weighted by Gasteiger charge is 2.15. The molecule has 0 aliphatic heterocycles. The largest absolute Gasteiger partial charge is 0.330 e. The maximum Gasteiger partial charge on any atom is 0.247 e. The Balaban J connectivity index is 2.00. The van der Waals surface area contributed by atoms with Crippen molar-refractivity contribution in [1.29, 1.82) is 0 Å². The van der Waals surface area contributed by atoms with Crippen molar-refractivity contribution >= 4 is 46.8 Å². The smallest absolute Gasteiger partial charge is 0.247 e. The Kier molecular flexibility index (Phi) is 7.63. The number of pyridine rings is 1. The average molecular weight is 392 g/mol. The number of nitrogens with one attached hydrogen (secondary N) is 1. The molecule has 1 heterocycles. The molecule has 1 aromatic carbocycles. The van der Waals surface area contributed by atoms with Gasteiger partial charge in [0.2, 0.25) is 11.8 Å².